The molecular weight excluding hydrogens is 200 g/mol. The molecule has 0 atom stereocenters. The molecule has 0 aliphatic heterocycles. The number of nitrogens with zero attached hydrogens (tertiary/aromatic N) is 1. The minimum Gasteiger partial charge on any atom is -0.383 e. The number of fused-ring (bicyclic) bond motifs is 1. The standard InChI is InChI=1S/C13H16N2O/c1-10(16)7-8-14-12-9-15(2)13-6-4-3-5-11(12)13/h3-6,9,14H,7-8H2,1-2H3. The maximum Gasteiger partial charge on any atom is 0.131 e. The summed E-state index contributed by atoms with van der Waals surface area (Å²) in [6.45, 7) is 2.31. The fourth-order valence-electron chi connectivity index (χ4n) is 1.86. The molecule has 0 radical (unpaired) electrons. The van der Waals surface area contributed by atoms with Crippen LogP contribution in [-0.4, -0.2) is 16.9 Å². The minimum atomic E-state index is 0.215. The molecule has 2 aromatic rings. The first kappa shape index (κ1) is 10.7. The molecule has 2 rings (SSSR count). The molecule has 84 valence electrons. The van der Waals surface area contributed by atoms with Gasteiger partial charge in [0.25, 0.3) is 0 Å². The SMILES string of the molecule is CC(=O)CCNc1cn(C)c2ccccc12. The number of carbonyl (C=O) groups is 1. The predicted octanol–water partition coefficient (Wildman–Crippen LogP) is 2.57. The monoisotopic (exact) mass is 216 g/mol. The molecule has 0 saturated heterocycles. The van der Waals surface area contributed by atoms with E-state index in [0.29, 0.717) is 13.0 Å². The summed E-state index contributed by atoms with van der Waals surface area (Å²) >= 11 is 0. The van der Waals surface area contributed by atoms with E-state index in [1.54, 1.807) is 6.92 Å². The zero-order valence-corrected chi connectivity index (χ0v) is 9.66. The third-order valence-corrected chi connectivity index (χ3v) is 2.69. The van der Waals surface area contributed by atoms with Gasteiger partial charge in [0, 0.05) is 37.1 Å². The fourth-order valence-corrected chi connectivity index (χ4v) is 1.86. The number of hydrogen-bond donors (Lipinski definition) is 1. The number of ketones is 1. The average molecular weight is 216 g/mol. The normalized spacial score (nSPS) is 10.6. The molecule has 1 heterocycles. The van der Waals surface area contributed by atoms with E-state index in [0.717, 1.165) is 5.69 Å². The Morgan fingerprint density at radius 1 is 1.38 bits per heavy atom. The van der Waals surface area contributed by atoms with E-state index in [9.17, 15) is 4.79 Å². The highest BCUT2D eigenvalue weighted by atomic mass is 16.1. The summed E-state index contributed by atoms with van der Waals surface area (Å²) in [5.41, 5.74) is 2.30. The average Bonchev–Trinajstić information content (AvgIpc) is 2.57. The van der Waals surface area contributed by atoms with E-state index in [4.69, 9.17) is 0 Å². The second kappa shape index (κ2) is 4.39. The molecule has 1 aromatic heterocycles. The Balaban J connectivity index is 2.21. The third kappa shape index (κ3) is 2.08. The van der Waals surface area contributed by atoms with Crippen molar-refractivity contribution in [2.24, 2.45) is 7.05 Å². The second-order valence-corrected chi connectivity index (χ2v) is 4.05. The molecule has 3 nitrogen and oxygen atoms in total. The van der Waals surface area contributed by atoms with Crippen LogP contribution >= 0.6 is 0 Å². The van der Waals surface area contributed by atoms with Gasteiger partial charge in [0.1, 0.15) is 5.78 Å². The Labute approximate surface area is 95.1 Å². The molecule has 1 N–H and O–H groups in total. The van der Waals surface area contributed by atoms with Gasteiger partial charge in [0.15, 0.2) is 0 Å². The summed E-state index contributed by atoms with van der Waals surface area (Å²) in [6, 6.07) is 8.23. The smallest absolute Gasteiger partial charge is 0.131 e. The van der Waals surface area contributed by atoms with Crippen molar-refractivity contribution in [3.05, 3.63) is 30.5 Å². The number of para-hydroxylation sites is 1. The lowest BCUT2D eigenvalue weighted by molar-refractivity contribution is -0.116. The Hall–Kier alpha value is -1.77. The molecule has 0 aliphatic carbocycles. The van der Waals surface area contributed by atoms with E-state index in [2.05, 4.69) is 28.2 Å². The van der Waals surface area contributed by atoms with Gasteiger partial charge < -0.3 is 9.88 Å². The summed E-state index contributed by atoms with van der Waals surface area (Å²) in [5.74, 6) is 0.215. The van der Waals surface area contributed by atoms with Gasteiger partial charge in [-0.05, 0) is 13.0 Å². The first-order valence-corrected chi connectivity index (χ1v) is 5.46. The lowest BCUT2D eigenvalue weighted by Crippen LogP contribution is -2.05. The highest BCUT2D eigenvalue weighted by Crippen LogP contribution is 2.24. The minimum absolute atomic E-state index is 0.215. The van der Waals surface area contributed by atoms with Crippen LogP contribution in [0.25, 0.3) is 10.9 Å². The Morgan fingerprint density at radius 2 is 2.12 bits per heavy atom. The van der Waals surface area contributed by atoms with Crippen molar-refractivity contribution in [1.82, 2.24) is 4.57 Å². The van der Waals surface area contributed by atoms with Crippen molar-refractivity contribution in [2.75, 3.05) is 11.9 Å². The van der Waals surface area contributed by atoms with Crippen LogP contribution in [0.1, 0.15) is 13.3 Å². The molecule has 3 heteroatoms. The Kier molecular flexibility index (Phi) is 2.95. The van der Waals surface area contributed by atoms with Crippen LogP contribution in [0.5, 0.6) is 0 Å². The Morgan fingerprint density at radius 3 is 2.88 bits per heavy atom. The lowest BCUT2D eigenvalue weighted by atomic mass is 10.2. The fraction of sp³-hybridized carbons (Fsp3) is 0.308. The zero-order valence-electron chi connectivity index (χ0n) is 9.66. The van der Waals surface area contributed by atoms with Crippen LogP contribution in [0.2, 0.25) is 0 Å². The van der Waals surface area contributed by atoms with Gasteiger partial charge in [-0.25, -0.2) is 0 Å². The van der Waals surface area contributed by atoms with Crippen LogP contribution < -0.4 is 5.32 Å². The number of aryl methyl sites for hydroxylation is 1. The van der Waals surface area contributed by atoms with E-state index >= 15 is 0 Å². The topological polar surface area (TPSA) is 34.0 Å². The summed E-state index contributed by atoms with van der Waals surface area (Å²) in [4.78, 5) is 10.9. The largest absolute Gasteiger partial charge is 0.383 e. The van der Waals surface area contributed by atoms with Gasteiger partial charge >= 0.3 is 0 Å². The third-order valence-electron chi connectivity index (χ3n) is 2.69. The summed E-state index contributed by atoms with van der Waals surface area (Å²) in [5, 5.41) is 4.50. The van der Waals surface area contributed by atoms with Crippen LogP contribution in [0.3, 0.4) is 0 Å². The van der Waals surface area contributed by atoms with Gasteiger partial charge in [-0.3, -0.25) is 4.79 Å². The molecule has 0 unspecified atom stereocenters. The van der Waals surface area contributed by atoms with Gasteiger partial charge in [-0.2, -0.15) is 0 Å². The van der Waals surface area contributed by atoms with Gasteiger partial charge in [-0.15, -0.1) is 0 Å². The van der Waals surface area contributed by atoms with Gasteiger partial charge in [0.05, 0.1) is 5.69 Å². The number of hydrogen-bond acceptors (Lipinski definition) is 2. The highest BCUT2D eigenvalue weighted by Gasteiger charge is 2.04. The predicted molar refractivity (Wildman–Crippen MR) is 66.7 cm³/mol. The van der Waals surface area contributed by atoms with Crippen LogP contribution in [0, 0.1) is 0 Å². The maximum absolute atomic E-state index is 10.9. The van der Waals surface area contributed by atoms with Crippen molar-refractivity contribution in [3.8, 4) is 0 Å². The van der Waals surface area contributed by atoms with Crippen molar-refractivity contribution in [3.63, 3.8) is 0 Å². The molecule has 0 spiro atoms. The number of anilines is 1. The number of aromatic nitrogens is 1. The second-order valence-electron chi connectivity index (χ2n) is 4.05. The summed E-state index contributed by atoms with van der Waals surface area (Å²) in [6.07, 6.45) is 2.63. The lowest BCUT2D eigenvalue weighted by Gasteiger charge is -2.02. The van der Waals surface area contributed by atoms with E-state index in [-0.39, 0.29) is 5.78 Å². The maximum atomic E-state index is 10.9. The number of carbonyl (C=O) groups excluding carboxylic acids is 1. The molecule has 0 amide bonds. The first-order chi connectivity index (χ1) is 7.68. The molecular formula is C13H16N2O. The van der Waals surface area contributed by atoms with Crippen LogP contribution in [0.4, 0.5) is 5.69 Å². The van der Waals surface area contributed by atoms with Crippen molar-refractivity contribution in [1.29, 1.82) is 0 Å². The van der Waals surface area contributed by atoms with Crippen LogP contribution in [0.15, 0.2) is 30.5 Å². The van der Waals surface area contributed by atoms with Crippen molar-refractivity contribution >= 4 is 22.4 Å². The quantitative estimate of drug-likeness (QED) is 0.852. The van der Waals surface area contributed by atoms with Crippen LogP contribution in [-0.2, 0) is 11.8 Å². The molecule has 0 bridgehead atoms. The number of Topliss-reactive ketones (excluding diaryl/α,β-unsaturated/α-hetero) is 1. The number of nitrogens with one attached hydrogen (secondary N) is 1. The molecule has 0 saturated carbocycles. The molecule has 0 aliphatic rings. The van der Waals surface area contributed by atoms with Crippen molar-refractivity contribution < 1.29 is 4.79 Å². The van der Waals surface area contributed by atoms with E-state index in [1.807, 2.05) is 19.2 Å². The summed E-state index contributed by atoms with van der Waals surface area (Å²) in [7, 11) is 2.03. The number of benzene rings is 1. The summed E-state index contributed by atoms with van der Waals surface area (Å²) < 4.78 is 2.09. The highest BCUT2D eigenvalue weighted by molar-refractivity contribution is 5.93. The van der Waals surface area contributed by atoms with Gasteiger partial charge in [-0.1, -0.05) is 18.2 Å². The van der Waals surface area contributed by atoms with E-state index < -0.39 is 0 Å². The molecule has 1 aromatic carbocycles. The van der Waals surface area contributed by atoms with E-state index in [1.165, 1.54) is 10.9 Å². The van der Waals surface area contributed by atoms with Crippen molar-refractivity contribution in [2.45, 2.75) is 13.3 Å². The molecule has 16 heavy (non-hydrogen) atoms. The molecule has 0 fully saturated rings. The van der Waals surface area contributed by atoms with Gasteiger partial charge in [0.2, 0.25) is 0 Å². The Bertz CT molecular complexity index is 514. The zero-order chi connectivity index (χ0) is 11.5. The number of rotatable bonds is 4. The first-order valence-electron chi connectivity index (χ1n) is 5.46.